The van der Waals surface area contributed by atoms with E-state index >= 15 is 4.39 Å². The zero-order valence-corrected chi connectivity index (χ0v) is 29.6. The van der Waals surface area contributed by atoms with Gasteiger partial charge >= 0.3 is 11.9 Å². The van der Waals surface area contributed by atoms with Crippen LogP contribution >= 0.6 is 0 Å². The van der Waals surface area contributed by atoms with Crippen LogP contribution in [-0.4, -0.2) is 83.8 Å². The zero-order chi connectivity index (χ0) is 34.3. The first-order valence-corrected chi connectivity index (χ1v) is 16.7. The fourth-order valence-corrected chi connectivity index (χ4v) is 6.98. The Kier molecular flexibility index (Phi) is 11.3. The maximum Gasteiger partial charge on any atom is 0.310 e. The Hall–Kier alpha value is -3.51. The van der Waals surface area contributed by atoms with Crippen molar-refractivity contribution in [3.8, 4) is 5.69 Å². The summed E-state index contributed by atoms with van der Waals surface area (Å²) in [5.74, 6) is -1.75. The number of hydrogen-bond acceptors (Lipinski definition) is 8. The number of carbonyl (C=O) groups excluding carboxylic acids is 4. The van der Waals surface area contributed by atoms with Crippen LogP contribution in [0.3, 0.4) is 0 Å². The number of primary amides is 1. The Morgan fingerprint density at radius 3 is 2.35 bits per heavy atom. The molecular weight excluding hydrogens is 641 g/mol. The number of carbonyl (C=O) groups is 4. The van der Waals surface area contributed by atoms with Gasteiger partial charge in [-0.1, -0.05) is 13.8 Å². The number of esters is 2. The molecule has 2 aromatic rings. The van der Waals surface area contributed by atoms with Gasteiger partial charge in [-0.05, 0) is 74.8 Å². The molecule has 13 heteroatoms. The summed E-state index contributed by atoms with van der Waals surface area (Å²) in [7, 11) is 5.86. The average Bonchev–Trinajstić information content (AvgIpc) is 3.68. The number of benzene rings is 1. The van der Waals surface area contributed by atoms with E-state index in [4.69, 9.17) is 20.3 Å². The summed E-state index contributed by atoms with van der Waals surface area (Å²) in [6.45, 7) is 5.85. The molecule has 0 spiro atoms. The first-order chi connectivity index (χ1) is 22.0. The van der Waals surface area contributed by atoms with Gasteiger partial charge < -0.3 is 37.4 Å². The lowest BCUT2D eigenvalue weighted by atomic mass is 9.75. The molecule has 0 bridgehead atoms. The molecule has 3 aliphatic rings. The molecule has 1 aromatic heterocycles. The number of hydrogen-bond donors (Lipinski definition) is 2. The van der Waals surface area contributed by atoms with E-state index in [1.165, 1.54) is 19.1 Å². The molecule has 48 heavy (non-hydrogen) atoms. The number of quaternary nitrogens is 1. The van der Waals surface area contributed by atoms with Gasteiger partial charge in [-0.15, -0.1) is 0 Å². The van der Waals surface area contributed by atoms with Gasteiger partial charge in [0, 0.05) is 19.4 Å². The monoisotopic (exact) mass is 689 g/mol. The third-order valence-electron chi connectivity index (χ3n) is 9.21. The second-order valence-corrected chi connectivity index (χ2v) is 15.5. The number of halogens is 2. The van der Waals surface area contributed by atoms with Gasteiger partial charge in [-0.25, -0.2) is 9.07 Å². The third kappa shape index (κ3) is 9.13. The summed E-state index contributed by atoms with van der Waals surface area (Å²) >= 11 is 0. The van der Waals surface area contributed by atoms with E-state index in [9.17, 15) is 19.2 Å². The standard InChI is InChI=1S/C35H48FN5O6.ClH/c1-20(42)46-24(19-41(4,5)6)16-30(44)47-23-11-9-22(10-12-23)38-33-25(34(37)45)13-14-27(32(33)36)40-28-17-35(2,3)18-29(43)31(28)26(39-40)15-21-7-8-21;/h13-14,21-24H,7-12,15-19H2,1-6H3,(H2-,37,38,45);1H. The number of aromatic nitrogens is 2. The summed E-state index contributed by atoms with van der Waals surface area (Å²) in [4.78, 5) is 50.1. The van der Waals surface area contributed by atoms with Gasteiger partial charge in [-0.3, -0.25) is 19.2 Å². The third-order valence-corrected chi connectivity index (χ3v) is 9.21. The number of anilines is 1. The molecular formula is C35H49ClFN5O6. The van der Waals surface area contributed by atoms with Crippen LogP contribution in [0.2, 0.25) is 0 Å². The molecule has 3 N–H and O–H groups in total. The number of Topliss-reactive ketones (excluding diaryl/α,β-unsaturated/α-hetero) is 1. The summed E-state index contributed by atoms with van der Waals surface area (Å²) in [6, 6.07) is 2.83. The van der Waals surface area contributed by atoms with Crippen LogP contribution in [0.5, 0.6) is 0 Å². The molecule has 2 fully saturated rings. The van der Waals surface area contributed by atoms with Crippen molar-refractivity contribution in [1.82, 2.24) is 9.78 Å². The Morgan fingerprint density at radius 1 is 1.10 bits per heavy atom. The maximum atomic E-state index is 16.5. The summed E-state index contributed by atoms with van der Waals surface area (Å²) in [5, 5.41) is 8.04. The van der Waals surface area contributed by atoms with Gasteiger partial charge in [0.1, 0.15) is 18.3 Å². The Morgan fingerprint density at radius 2 is 1.77 bits per heavy atom. The molecule has 0 aliphatic heterocycles. The first-order valence-electron chi connectivity index (χ1n) is 16.7. The van der Waals surface area contributed by atoms with E-state index < -0.39 is 29.8 Å². The summed E-state index contributed by atoms with van der Waals surface area (Å²) in [6.07, 6.45) is 5.16. The largest absolute Gasteiger partial charge is 1.00 e. The molecule has 1 heterocycles. The topological polar surface area (TPSA) is 143 Å². The van der Waals surface area contributed by atoms with Crippen molar-refractivity contribution in [1.29, 1.82) is 0 Å². The second kappa shape index (κ2) is 14.5. The molecule has 2 saturated carbocycles. The number of nitrogens with zero attached hydrogens (tertiary/aromatic N) is 3. The van der Waals surface area contributed by atoms with E-state index in [0.717, 1.165) is 18.5 Å². The van der Waals surface area contributed by atoms with Crippen molar-refractivity contribution in [3.63, 3.8) is 0 Å². The number of amides is 1. The Bertz CT molecular complexity index is 1560. The van der Waals surface area contributed by atoms with Crippen LogP contribution in [0, 0.1) is 17.2 Å². The number of fused-ring (bicyclic) bond motifs is 1. The molecule has 5 rings (SSSR count). The Balaban J connectivity index is 0.00000520. The predicted molar refractivity (Wildman–Crippen MR) is 174 cm³/mol. The predicted octanol–water partition coefficient (Wildman–Crippen LogP) is 1.52. The van der Waals surface area contributed by atoms with Crippen LogP contribution in [0.15, 0.2) is 12.1 Å². The number of nitrogens with one attached hydrogen (secondary N) is 1. The Labute approximate surface area is 288 Å². The highest BCUT2D eigenvalue weighted by Crippen LogP contribution is 2.41. The molecule has 1 unspecified atom stereocenters. The quantitative estimate of drug-likeness (QED) is 0.252. The average molecular weight is 690 g/mol. The normalized spacial score (nSPS) is 21.0. The van der Waals surface area contributed by atoms with E-state index in [2.05, 4.69) is 5.32 Å². The van der Waals surface area contributed by atoms with Crippen molar-refractivity contribution in [2.45, 2.75) is 103 Å². The van der Waals surface area contributed by atoms with Gasteiger partial charge in [0.25, 0.3) is 5.91 Å². The van der Waals surface area contributed by atoms with Crippen LogP contribution in [0.4, 0.5) is 10.1 Å². The lowest BCUT2D eigenvalue weighted by Crippen LogP contribution is -3.00. The van der Waals surface area contributed by atoms with Crippen molar-refractivity contribution < 1.29 is 49.9 Å². The zero-order valence-electron chi connectivity index (χ0n) is 28.9. The smallest absolute Gasteiger partial charge is 0.310 e. The molecule has 11 nitrogen and oxygen atoms in total. The maximum absolute atomic E-state index is 16.5. The van der Waals surface area contributed by atoms with Crippen molar-refractivity contribution in [2.24, 2.45) is 17.1 Å². The number of ketones is 1. The summed E-state index contributed by atoms with van der Waals surface area (Å²) < 4.78 is 29.7. The fraction of sp³-hybridized carbons (Fsp3) is 0.629. The summed E-state index contributed by atoms with van der Waals surface area (Å²) in [5.41, 5.74) is 7.65. The highest BCUT2D eigenvalue weighted by molar-refractivity contribution is 6.00. The number of nitrogens with two attached hydrogens (primary N) is 1. The minimum atomic E-state index is -0.759. The van der Waals surface area contributed by atoms with E-state index in [1.807, 2.05) is 35.0 Å². The van der Waals surface area contributed by atoms with Crippen LogP contribution in [-0.2, 0) is 31.9 Å². The van der Waals surface area contributed by atoms with E-state index in [-0.39, 0.29) is 59.1 Å². The molecule has 1 aromatic carbocycles. The van der Waals surface area contributed by atoms with Gasteiger partial charge in [0.2, 0.25) is 0 Å². The van der Waals surface area contributed by atoms with Crippen molar-refractivity contribution >= 4 is 29.3 Å². The van der Waals surface area contributed by atoms with Crippen LogP contribution in [0.25, 0.3) is 5.69 Å². The van der Waals surface area contributed by atoms with E-state index in [0.29, 0.717) is 73.1 Å². The number of likely N-dealkylation sites (N-methyl/N-ethyl adjacent to an activating group) is 1. The van der Waals surface area contributed by atoms with Gasteiger partial charge in [0.15, 0.2) is 17.7 Å². The minimum absolute atomic E-state index is 0. The highest BCUT2D eigenvalue weighted by atomic mass is 35.5. The van der Waals surface area contributed by atoms with Crippen molar-refractivity contribution in [3.05, 3.63) is 40.5 Å². The SMILES string of the molecule is CC(=O)OC(CC(=O)OC1CCC(Nc2c(C(N)=O)ccc(-n3nc(CC4CC4)c4c3CC(C)(C)CC4=O)c2F)CC1)C[N+](C)(C)C.[Cl-]. The minimum Gasteiger partial charge on any atom is -1.00 e. The molecule has 0 radical (unpaired) electrons. The van der Waals surface area contributed by atoms with Crippen LogP contribution < -0.4 is 23.5 Å². The lowest BCUT2D eigenvalue weighted by molar-refractivity contribution is -0.873. The molecule has 3 aliphatic carbocycles. The van der Waals surface area contributed by atoms with Gasteiger partial charge in [-0.2, -0.15) is 5.10 Å². The van der Waals surface area contributed by atoms with E-state index in [1.54, 1.807) is 4.68 Å². The molecule has 0 saturated heterocycles. The molecule has 264 valence electrons. The second-order valence-electron chi connectivity index (χ2n) is 15.5. The highest BCUT2D eigenvalue weighted by Gasteiger charge is 2.39. The van der Waals surface area contributed by atoms with Crippen molar-refractivity contribution in [2.75, 3.05) is 33.0 Å². The molecule has 1 amide bonds. The molecule has 1 atom stereocenters. The number of ether oxygens (including phenoxy) is 2. The fourth-order valence-electron chi connectivity index (χ4n) is 6.98. The van der Waals surface area contributed by atoms with Crippen LogP contribution in [0.1, 0.15) is 104 Å². The van der Waals surface area contributed by atoms with Gasteiger partial charge in [0.05, 0.1) is 55.8 Å². The number of rotatable bonds is 12. The first kappa shape index (κ1) is 37.3. The lowest BCUT2D eigenvalue weighted by Gasteiger charge is -2.31.